The van der Waals surface area contributed by atoms with E-state index in [0.29, 0.717) is 39.2 Å². The van der Waals surface area contributed by atoms with E-state index in [9.17, 15) is 18.0 Å². The van der Waals surface area contributed by atoms with Gasteiger partial charge in [-0.25, -0.2) is 8.42 Å². The van der Waals surface area contributed by atoms with Crippen LogP contribution in [0.15, 0.2) is 65.6 Å². The van der Waals surface area contributed by atoms with Gasteiger partial charge in [0.2, 0.25) is 0 Å². The number of sulfonamides is 1. The lowest BCUT2D eigenvalue weighted by Crippen LogP contribution is -2.32. The maximum Gasteiger partial charge on any atom is 0.264 e. The van der Waals surface area contributed by atoms with Gasteiger partial charge in [-0.1, -0.05) is 37.3 Å². The molecule has 0 fully saturated rings. The van der Waals surface area contributed by atoms with E-state index in [0.717, 1.165) is 6.42 Å². The Morgan fingerprint density at radius 1 is 0.971 bits per heavy atom. The molecule has 34 heavy (non-hydrogen) atoms. The number of carbonyl (C=O) groups excluding carboxylic acids is 2. The first-order valence-electron chi connectivity index (χ1n) is 11.1. The summed E-state index contributed by atoms with van der Waals surface area (Å²) in [6, 6.07) is 17.0. The van der Waals surface area contributed by atoms with Crippen molar-refractivity contribution >= 4 is 33.2 Å². The summed E-state index contributed by atoms with van der Waals surface area (Å²) in [5.41, 5.74) is 3.58. The lowest BCUT2D eigenvalue weighted by molar-refractivity contribution is 0.0940. The third-order valence-electron chi connectivity index (χ3n) is 6.10. The summed E-state index contributed by atoms with van der Waals surface area (Å²) in [5, 5.41) is 5.77. The van der Waals surface area contributed by atoms with E-state index < -0.39 is 10.0 Å². The Bertz CT molecular complexity index is 1400. The van der Waals surface area contributed by atoms with E-state index in [4.69, 9.17) is 0 Å². The number of carbonyl (C=O) groups is 2. The van der Waals surface area contributed by atoms with Crippen LogP contribution in [0.2, 0.25) is 0 Å². The molecule has 2 N–H and O–H groups in total. The molecule has 3 aromatic rings. The van der Waals surface area contributed by atoms with Crippen molar-refractivity contribution in [3.8, 4) is 11.1 Å². The van der Waals surface area contributed by atoms with Crippen LogP contribution >= 0.6 is 0 Å². The van der Waals surface area contributed by atoms with Crippen molar-refractivity contribution in [3.63, 3.8) is 0 Å². The zero-order valence-electron chi connectivity index (χ0n) is 19.5. The molecule has 0 aliphatic carbocycles. The Morgan fingerprint density at radius 2 is 1.65 bits per heavy atom. The maximum atomic E-state index is 13.3. The monoisotopic (exact) mass is 477 g/mol. The minimum absolute atomic E-state index is 0.00731. The Balaban J connectivity index is 1.72. The molecular formula is C26H27N3O4S. The summed E-state index contributed by atoms with van der Waals surface area (Å²) in [5.74, 6) is -0.643. The molecule has 0 unspecified atom stereocenters. The standard InChI is InChI=1S/C26H27N3O4S/c1-5-17(3)27-26(31)20-11-6-8-12-22(20)28-25(30)18-14-16(2)24-21(15-18)19-10-7-9-13-23(19)34(32,33)29(24)4/h6-15,17H,5H2,1-4H3,(H,27,31)(H,28,30)/t17-/m0/s1. The third kappa shape index (κ3) is 4.05. The second-order valence-electron chi connectivity index (χ2n) is 8.44. The molecule has 0 radical (unpaired) electrons. The van der Waals surface area contributed by atoms with Crippen LogP contribution in [-0.4, -0.2) is 33.3 Å². The fraction of sp³-hybridized carbons (Fsp3) is 0.231. The van der Waals surface area contributed by atoms with Crippen molar-refractivity contribution in [3.05, 3.63) is 77.4 Å². The number of amides is 2. The van der Waals surface area contributed by atoms with E-state index in [1.807, 2.05) is 13.8 Å². The van der Waals surface area contributed by atoms with E-state index in [2.05, 4.69) is 10.6 Å². The van der Waals surface area contributed by atoms with Crippen molar-refractivity contribution in [2.45, 2.75) is 38.1 Å². The van der Waals surface area contributed by atoms with E-state index in [1.165, 1.54) is 11.4 Å². The molecule has 176 valence electrons. The highest BCUT2D eigenvalue weighted by Gasteiger charge is 2.34. The van der Waals surface area contributed by atoms with Gasteiger partial charge in [-0.2, -0.15) is 0 Å². The summed E-state index contributed by atoms with van der Waals surface area (Å²) in [6.07, 6.45) is 0.792. The minimum Gasteiger partial charge on any atom is -0.350 e. The molecule has 1 aliphatic heterocycles. The average Bonchev–Trinajstić information content (AvgIpc) is 2.82. The third-order valence-corrected chi connectivity index (χ3v) is 7.92. The van der Waals surface area contributed by atoms with Gasteiger partial charge in [0.25, 0.3) is 21.8 Å². The van der Waals surface area contributed by atoms with Crippen LogP contribution in [0, 0.1) is 6.92 Å². The fourth-order valence-electron chi connectivity index (χ4n) is 4.10. The zero-order chi connectivity index (χ0) is 24.6. The van der Waals surface area contributed by atoms with E-state index in [-0.39, 0.29) is 22.8 Å². The summed E-state index contributed by atoms with van der Waals surface area (Å²) < 4.78 is 27.2. The smallest absolute Gasteiger partial charge is 0.264 e. The van der Waals surface area contributed by atoms with Crippen molar-refractivity contribution in [1.82, 2.24) is 5.32 Å². The Kier molecular flexibility index (Phi) is 6.18. The molecule has 0 saturated carbocycles. The predicted molar refractivity (Wildman–Crippen MR) is 134 cm³/mol. The molecule has 1 atom stereocenters. The zero-order valence-corrected chi connectivity index (χ0v) is 20.4. The molecule has 1 aliphatic rings. The molecule has 2 amide bonds. The number of anilines is 2. The number of nitrogens with one attached hydrogen (secondary N) is 2. The van der Waals surface area contributed by atoms with Crippen LogP contribution in [0.4, 0.5) is 11.4 Å². The Morgan fingerprint density at radius 3 is 2.38 bits per heavy atom. The maximum absolute atomic E-state index is 13.3. The lowest BCUT2D eigenvalue weighted by Gasteiger charge is -2.31. The van der Waals surface area contributed by atoms with Gasteiger partial charge in [-0.3, -0.25) is 13.9 Å². The molecule has 1 heterocycles. The SMILES string of the molecule is CC[C@H](C)NC(=O)c1ccccc1NC(=O)c1cc(C)c2c(c1)-c1ccccc1S(=O)(=O)N2C. The molecule has 0 bridgehead atoms. The molecule has 7 nitrogen and oxygen atoms in total. The second-order valence-corrected chi connectivity index (χ2v) is 10.4. The number of hydrogen-bond acceptors (Lipinski definition) is 4. The van der Waals surface area contributed by atoms with Crippen LogP contribution in [-0.2, 0) is 10.0 Å². The van der Waals surface area contributed by atoms with E-state index >= 15 is 0 Å². The van der Waals surface area contributed by atoms with Gasteiger partial charge in [-0.15, -0.1) is 0 Å². The van der Waals surface area contributed by atoms with Crippen LogP contribution in [0.3, 0.4) is 0 Å². The van der Waals surface area contributed by atoms with E-state index in [1.54, 1.807) is 67.6 Å². The van der Waals surface area contributed by atoms with Gasteiger partial charge >= 0.3 is 0 Å². The van der Waals surface area contributed by atoms with Crippen LogP contribution in [0.25, 0.3) is 11.1 Å². The number of benzene rings is 3. The van der Waals surface area contributed by atoms with Gasteiger partial charge in [0, 0.05) is 29.8 Å². The quantitative estimate of drug-likeness (QED) is 0.562. The molecule has 3 aromatic carbocycles. The number of hydrogen-bond donors (Lipinski definition) is 2. The van der Waals surface area contributed by atoms with Gasteiger partial charge in [0.05, 0.1) is 21.8 Å². The lowest BCUT2D eigenvalue weighted by atomic mass is 9.96. The van der Waals surface area contributed by atoms with Crippen molar-refractivity contribution in [1.29, 1.82) is 0 Å². The second kappa shape index (κ2) is 8.95. The largest absolute Gasteiger partial charge is 0.350 e. The molecule has 4 rings (SSSR count). The van der Waals surface area contributed by atoms with Crippen LogP contribution in [0.5, 0.6) is 0 Å². The van der Waals surface area contributed by atoms with Crippen LogP contribution < -0.4 is 14.9 Å². The predicted octanol–water partition coefficient (Wildman–Crippen LogP) is 4.58. The highest BCUT2D eigenvalue weighted by Crippen LogP contribution is 2.44. The summed E-state index contributed by atoms with van der Waals surface area (Å²) >= 11 is 0. The first-order valence-corrected chi connectivity index (χ1v) is 12.5. The number of para-hydroxylation sites is 1. The molecular weight excluding hydrogens is 450 g/mol. The van der Waals surface area contributed by atoms with Gasteiger partial charge in [0.15, 0.2) is 0 Å². The molecule has 8 heteroatoms. The van der Waals surface area contributed by atoms with Gasteiger partial charge in [-0.05, 0) is 56.2 Å². The number of nitrogens with zero attached hydrogens (tertiary/aromatic N) is 1. The van der Waals surface area contributed by atoms with Crippen molar-refractivity contribution in [2.24, 2.45) is 0 Å². The molecule has 0 aromatic heterocycles. The number of fused-ring (bicyclic) bond motifs is 3. The highest BCUT2D eigenvalue weighted by molar-refractivity contribution is 7.93. The molecule has 0 saturated heterocycles. The van der Waals surface area contributed by atoms with Crippen molar-refractivity contribution in [2.75, 3.05) is 16.7 Å². The normalized spacial score (nSPS) is 14.5. The summed E-state index contributed by atoms with van der Waals surface area (Å²) in [7, 11) is -2.16. The Labute approximate surface area is 199 Å². The highest BCUT2D eigenvalue weighted by atomic mass is 32.2. The summed E-state index contributed by atoms with van der Waals surface area (Å²) in [6.45, 7) is 5.69. The summed E-state index contributed by atoms with van der Waals surface area (Å²) in [4.78, 5) is 26.2. The topological polar surface area (TPSA) is 95.6 Å². The number of aryl methyl sites for hydroxylation is 1. The van der Waals surface area contributed by atoms with Crippen LogP contribution in [0.1, 0.15) is 46.5 Å². The number of rotatable bonds is 5. The first kappa shape index (κ1) is 23.5. The first-order chi connectivity index (χ1) is 16.1. The van der Waals surface area contributed by atoms with Gasteiger partial charge < -0.3 is 10.6 Å². The minimum atomic E-state index is -3.68. The average molecular weight is 478 g/mol. The Hall–Kier alpha value is -3.65. The molecule has 0 spiro atoms. The van der Waals surface area contributed by atoms with Gasteiger partial charge in [0.1, 0.15) is 0 Å². The fourth-order valence-corrected chi connectivity index (χ4v) is 5.59. The van der Waals surface area contributed by atoms with Crippen molar-refractivity contribution < 1.29 is 18.0 Å².